The number of benzene rings is 1. The molecule has 1 fully saturated rings. The highest BCUT2D eigenvalue weighted by Gasteiger charge is 2.31. The van der Waals surface area contributed by atoms with Crippen molar-refractivity contribution in [2.24, 2.45) is 0 Å². The summed E-state index contributed by atoms with van der Waals surface area (Å²) in [6, 6.07) is 8.50. The number of hydrogen-bond acceptors (Lipinski definition) is 5. The van der Waals surface area contributed by atoms with Crippen molar-refractivity contribution in [3.63, 3.8) is 0 Å². The van der Waals surface area contributed by atoms with E-state index in [1.54, 1.807) is 24.3 Å². The molecule has 4 aromatic rings. The normalized spacial score (nSPS) is 17.4. The van der Waals surface area contributed by atoms with Gasteiger partial charge in [0.05, 0.1) is 11.6 Å². The molecule has 1 aliphatic rings. The first kappa shape index (κ1) is 20.5. The summed E-state index contributed by atoms with van der Waals surface area (Å²) < 4.78 is 46.2. The number of amides is 1. The van der Waals surface area contributed by atoms with E-state index in [2.05, 4.69) is 10.1 Å². The number of pyridine rings is 1. The molecule has 166 valence electrons. The molecule has 0 saturated carbocycles. The zero-order valence-electron chi connectivity index (χ0n) is 16.8. The number of aliphatic hydroxyl groups excluding tert-OH is 1. The number of fused-ring (bicyclic) bond motifs is 2. The van der Waals surface area contributed by atoms with Crippen LogP contribution in [0.1, 0.15) is 23.3 Å². The van der Waals surface area contributed by atoms with Gasteiger partial charge >= 0.3 is 6.18 Å². The number of alkyl halides is 3. The summed E-state index contributed by atoms with van der Waals surface area (Å²) in [4.78, 5) is 18.6. The first-order valence-electron chi connectivity index (χ1n) is 10.2. The molecule has 1 unspecified atom stereocenters. The van der Waals surface area contributed by atoms with E-state index in [0.29, 0.717) is 47.0 Å². The molecule has 1 atom stereocenters. The molecule has 1 aromatic carbocycles. The van der Waals surface area contributed by atoms with Gasteiger partial charge in [-0.05, 0) is 25.0 Å². The average Bonchev–Trinajstić information content (AvgIpc) is 3.33. The number of nitrogens with zero attached hydrogens (tertiary/aromatic N) is 4. The second-order valence-electron chi connectivity index (χ2n) is 7.90. The summed E-state index contributed by atoms with van der Waals surface area (Å²) >= 11 is 0. The van der Waals surface area contributed by atoms with Crippen molar-refractivity contribution in [1.29, 1.82) is 0 Å². The molecule has 0 bridgehead atoms. The van der Waals surface area contributed by atoms with Crippen LogP contribution >= 0.6 is 0 Å². The van der Waals surface area contributed by atoms with Crippen LogP contribution in [0.25, 0.3) is 33.1 Å². The maximum atomic E-state index is 13.3. The van der Waals surface area contributed by atoms with E-state index in [9.17, 15) is 23.1 Å². The monoisotopic (exact) mass is 444 g/mol. The average molecular weight is 444 g/mol. The van der Waals surface area contributed by atoms with E-state index in [1.165, 1.54) is 23.4 Å². The second-order valence-corrected chi connectivity index (χ2v) is 7.90. The molecule has 5 rings (SSSR count). The number of piperidine rings is 1. The van der Waals surface area contributed by atoms with E-state index in [0.717, 1.165) is 4.68 Å². The number of aliphatic hydroxyl groups is 1. The Kier molecular flexibility index (Phi) is 4.89. The minimum atomic E-state index is -4.50. The molecule has 1 saturated heterocycles. The Morgan fingerprint density at radius 2 is 2.06 bits per heavy atom. The van der Waals surface area contributed by atoms with Crippen molar-refractivity contribution < 1.29 is 27.5 Å². The van der Waals surface area contributed by atoms with Gasteiger partial charge in [-0.15, -0.1) is 0 Å². The Hall–Kier alpha value is -3.40. The lowest BCUT2D eigenvalue weighted by molar-refractivity contribution is -0.141. The van der Waals surface area contributed by atoms with Crippen LogP contribution in [0, 0.1) is 0 Å². The Bertz CT molecular complexity index is 1310. The van der Waals surface area contributed by atoms with E-state index in [1.807, 2.05) is 0 Å². The number of likely N-dealkylation sites (tertiary alicyclic amines) is 1. The summed E-state index contributed by atoms with van der Waals surface area (Å²) in [5, 5.41) is 15.2. The first-order valence-corrected chi connectivity index (χ1v) is 10.2. The zero-order valence-corrected chi connectivity index (χ0v) is 16.8. The van der Waals surface area contributed by atoms with Gasteiger partial charge in [-0.1, -0.05) is 18.2 Å². The van der Waals surface area contributed by atoms with Crippen molar-refractivity contribution in [2.75, 3.05) is 13.1 Å². The summed E-state index contributed by atoms with van der Waals surface area (Å²) in [6.45, 7) is -0.671. The van der Waals surface area contributed by atoms with Crippen LogP contribution in [0.5, 0.6) is 0 Å². The van der Waals surface area contributed by atoms with Crippen LogP contribution in [0.4, 0.5) is 13.2 Å². The van der Waals surface area contributed by atoms with Gasteiger partial charge in [0.25, 0.3) is 5.91 Å². The van der Waals surface area contributed by atoms with Gasteiger partial charge in [0.1, 0.15) is 29.8 Å². The predicted molar refractivity (Wildman–Crippen MR) is 110 cm³/mol. The second kappa shape index (κ2) is 7.63. The molecule has 3 aromatic heterocycles. The van der Waals surface area contributed by atoms with E-state index in [4.69, 9.17) is 4.42 Å². The van der Waals surface area contributed by atoms with E-state index >= 15 is 0 Å². The molecule has 4 heterocycles. The van der Waals surface area contributed by atoms with Crippen LogP contribution in [0.15, 0.2) is 47.2 Å². The van der Waals surface area contributed by atoms with E-state index in [-0.39, 0.29) is 17.8 Å². The largest absolute Gasteiger partial charge is 0.464 e. The lowest BCUT2D eigenvalue weighted by Gasteiger charge is -2.29. The minimum Gasteiger partial charge on any atom is -0.464 e. The van der Waals surface area contributed by atoms with Gasteiger partial charge in [0, 0.05) is 35.6 Å². The topological polar surface area (TPSA) is 84.4 Å². The Balaban J connectivity index is 1.63. The zero-order chi connectivity index (χ0) is 22.5. The SMILES string of the molecule is O=C(c1cc2c(cn1)c(-c1coc3ccccc13)nn2CC(F)(F)F)N1CCCC(O)C1. The lowest BCUT2D eigenvalue weighted by Crippen LogP contribution is -2.42. The van der Waals surface area contributed by atoms with Crippen molar-refractivity contribution in [1.82, 2.24) is 19.7 Å². The van der Waals surface area contributed by atoms with Crippen molar-refractivity contribution >= 4 is 27.8 Å². The van der Waals surface area contributed by atoms with Crippen LogP contribution in [0.3, 0.4) is 0 Å². The highest BCUT2D eigenvalue weighted by atomic mass is 19.4. The molecule has 10 heteroatoms. The molecule has 1 N–H and O–H groups in total. The number of halogens is 3. The summed E-state index contributed by atoms with van der Waals surface area (Å²) in [6.07, 6.45) is -1.03. The third-order valence-electron chi connectivity index (χ3n) is 5.60. The fourth-order valence-corrected chi connectivity index (χ4v) is 4.14. The number of rotatable bonds is 3. The number of hydrogen-bond donors (Lipinski definition) is 1. The van der Waals surface area contributed by atoms with Crippen LogP contribution in [-0.2, 0) is 6.54 Å². The Labute approximate surface area is 180 Å². The molecule has 0 spiro atoms. The lowest BCUT2D eigenvalue weighted by atomic mass is 10.1. The van der Waals surface area contributed by atoms with Crippen molar-refractivity contribution in [2.45, 2.75) is 31.7 Å². The molecular formula is C22H19F3N4O3. The van der Waals surface area contributed by atoms with Gasteiger partial charge in [0.2, 0.25) is 0 Å². The molecule has 1 amide bonds. The van der Waals surface area contributed by atoms with Gasteiger partial charge in [-0.2, -0.15) is 18.3 Å². The van der Waals surface area contributed by atoms with Gasteiger partial charge in [-0.25, -0.2) is 0 Å². The molecule has 0 aliphatic carbocycles. The molecule has 32 heavy (non-hydrogen) atoms. The summed E-state index contributed by atoms with van der Waals surface area (Å²) in [5.41, 5.74) is 1.60. The molecule has 1 aliphatic heterocycles. The van der Waals surface area contributed by atoms with Gasteiger partial charge < -0.3 is 14.4 Å². The van der Waals surface area contributed by atoms with Crippen molar-refractivity contribution in [3.8, 4) is 11.3 Å². The van der Waals surface area contributed by atoms with Gasteiger partial charge in [0.15, 0.2) is 0 Å². The van der Waals surface area contributed by atoms with Crippen LogP contribution < -0.4 is 0 Å². The smallest absolute Gasteiger partial charge is 0.408 e. The maximum Gasteiger partial charge on any atom is 0.408 e. The summed E-state index contributed by atoms with van der Waals surface area (Å²) in [5.74, 6) is -0.430. The number of para-hydroxylation sites is 1. The number of carbonyl (C=O) groups is 1. The standard InChI is InChI=1S/C22H19F3N4O3/c23-22(24,25)12-29-18-8-17(21(31)28-7-3-4-13(30)10-28)26-9-15(18)20(27-29)16-11-32-19-6-2-1-5-14(16)19/h1-2,5-6,8-9,11,13,30H,3-4,7,10,12H2. The van der Waals surface area contributed by atoms with Crippen LogP contribution in [-0.4, -0.2) is 56.0 Å². The van der Waals surface area contributed by atoms with Crippen molar-refractivity contribution in [3.05, 3.63) is 48.5 Å². The predicted octanol–water partition coefficient (Wildman–Crippen LogP) is 4.00. The Morgan fingerprint density at radius 3 is 2.84 bits per heavy atom. The number of aromatic nitrogens is 3. The number of furan rings is 1. The third-order valence-corrected chi connectivity index (χ3v) is 5.60. The van der Waals surface area contributed by atoms with Gasteiger partial charge in [-0.3, -0.25) is 14.5 Å². The number of carbonyl (C=O) groups excluding carboxylic acids is 1. The Morgan fingerprint density at radius 1 is 1.25 bits per heavy atom. The van der Waals surface area contributed by atoms with Crippen LogP contribution in [0.2, 0.25) is 0 Å². The maximum absolute atomic E-state index is 13.3. The fourth-order valence-electron chi connectivity index (χ4n) is 4.14. The number of β-amino-alcohol motifs (C(OH)–C–C–N with tert-alkyl or cyclic N) is 1. The highest BCUT2D eigenvalue weighted by molar-refractivity contribution is 6.03. The minimum absolute atomic E-state index is 0.0125. The van der Waals surface area contributed by atoms with E-state index < -0.39 is 24.7 Å². The first-order chi connectivity index (χ1) is 15.3. The highest BCUT2D eigenvalue weighted by Crippen LogP contribution is 2.35. The quantitative estimate of drug-likeness (QED) is 0.516. The molecule has 7 nitrogen and oxygen atoms in total. The third kappa shape index (κ3) is 3.70. The summed E-state index contributed by atoms with van der Waals surface area (Å²) in [7, 11) is 0. The fraction of sp³-hybridized carbons (Fsp3) is 0.318. The molecule has 0 radical (unpaired) electrons. The molecular weight excluding hydrogens is 425 g/mol.